The number of hydrogen-bond acceptors (Lipinski definition) is 10. The van der Waals surface area contributed by atoms with Gasteiger partial charge in [-0.2, -0.15) is 0 Å². The van der Waals surface area contributed by atoms with Gasteiger partial charge >= 0.3 is 12.1 Å². The molecule has 0 aliphatic carbocycles. The molecule has 1 aromatic carbocycles. The monoisotopic (exact) mass is 585 g/mol. The van der Waals surface area contributed by atoms with Crippen molar-refractivity contribution in [2.45, 2.75) is 55.5 Å². The summed E-state index contributed by atoms with van der Waals surface area (Å²) in [4.78, 5) is 52.4. The predicted octanol–water partition coefficient (Wildman–Crippen LogP) is 1.40. The van der Waals surface area contributed by atoms with E-state index in [9.17, 15) is 24.3 Å². The molecule has 3 heterocycles. The van der Waals surface area contributed by atoms with Gasteiger partial charge in [-0.1, -0.05) is 48.0 Å². The number of carbonyl (C=O) groups excluding carboxylic acids is 3. The second-order valence-corrected chi connectivity index (χ2v) is 11.8. The van der Waals surface area contributed by atoms with E-state index in [0.717, 1.165) is 0 Å². The molecule has 2 aliphatic heterocycles. The van der Waals surface area contributed by atoms with E-state index < -0.39 is 46.9 Å². The maximum Gasteiger partial charge on any atom is 0.408 e. The number of aliphatic carboxylic acids is 1. The average Bonchev–Trinajstić information content (AvgIpc) is 3.35. The number of rotatable bonds is 9. The molecule has 3 atom stereocenters. The van der Waals surface area contributed by atoms with Crippen LogP contribution in [0.25, 0.3) is 0 Å². The molecular weight excluding hydrogens is 558 g/mol. The van der Waals surface area contributed by atoms with E-state index in [2.05, 4.69) is 32.1 Å². The molecule has 3 amide bonds. The number of fused-ring (bicyclic) bond motifs is 1. The second kappa shape index (κ2) is 12.0. The Morgan fingerprint density at radius 1 is 1.30 bits per heavy atom. The van der Waals surface area contributed by atoms with Crippen molar-refractivity contribution in [3.8, 4) is 12.3 Å². The molecule has 0 spiro atoms. The highest BCUT2D eigenvalue weighted by atomic mass is 32.2. The van der Waals surface area contributed by atoms with Crippen molar-refractivity contribution in [2.24, 2.45) is 0 Å². The van der Waals surface area contributed by atoms with Crippen LogP contribution in [0.1, 0.15) is 32.4 Å². The number of nitrogens with zero attached hydrogens (tertiary/aromatic N) is 5. The third-order valence-electron chi connectivity index (χ3n) is 5.72. The summed E-state index contributed by atoms with van der Waals surface area (Å²) in [6.45, 7) is 5.26. The van der Waals surface area contributed by atoms with Gasteiger partial charge in [0.1, 0.15) is 35.3 Å². The quantitative estimate of drug-likeness (QED) is 0.221. The van der Waals surface area contributed by atoms with Gasteiger partial charge in [0.2, 0.25) is 11.1 Å². The van der Waals surface area contributed by atoms with Crippen LogP contribution in [0.2, 0.25) is 0 Å². The number of terminal acetylenes is 1. The Morgan fingerprint density at radius 3 is 2.67 bits per heavy atom. The fourth-order valence-electron chi connectivity index (χ4n) is 4.04. The minimum absolute atomic E-state index is 0.130. The Labute approximate surface area is 238 Å². The zero-order chi connectivity index (χ0) is 29.0. The molecule has 2 aromatic rings. The third kappa shape index (κ3) is 6.40. The molecular formula is C25H27N7O6S2. The topological polar surface area (TPSA) is 169 Å². The smallest absolute Gasteiger partial charge is 0.408 e. The highest BCUT2D eigenvalue weighted by Gasteiger charge is 2.54. The van der Waals surface area contributed by atoms with Crippen molar-refractivity contribution >= 4 is 47.4 Å². The van der Waals surface area contributed by atoms with Crippen LogP contribution in [-0.4, -0.2) is 82.6 Å². The molecule has 0 saturated carbocycles. The minimum atomic E-state index is -1.25. The first-order valence-corrected chi connectivity index (χ1v) is 14.1. The zero-order valence-electron chi connectivity index (χ0n) is 21.9. The number of tetrazole rings is 1. The van der Waals surface area contributed by atoms with Crippen LogP contribution in [0, 0.1) is 12.3 Å². The third-order valence-corrected chi connectivity index (χ3v) is 8.10. The van der Waals surface area contributed by atoms with Crippen LogP contribution >= 0.6 is 23.5 Å². The summed E-state index contributed by atoms with van der Waals surface area (Å²) in [5, 5.41) is 26.3. The fourth-order valence-corrected chi connectivity index (χ4v) is 6.40. The molecule has 15 heteroatoms. The summed E-state index contributed by atoms with van der Waals surface area (Å²) < 4.78 is 6.72. The number of thioether (sulfide) groups is 2. The van der Waals surface area contributed by atoms with Crippen molar-refractivity contribution in [2.75, 3.05) is 11.5 Å². The first kappa shape index (κ1) is 29.0. The first-order chi connectivity index (χ1) is 19.0. The summed E-state index contributed by atoms with van der Waals surface area (Å²) >= 11 is 2.54. The van der Waals surface area contributed by atoms with Gasteiger partial charge in [0, 0.05) is 11.5 Å². The van der Waals surface area contributed by atoms with Crippen molar-refractivity contribution in [1.82, 2.24) is 35.7 Å². The van der Waals surface area contributed by atoms with Gasteiger partial charge in [0.05, 0.1) is 0 Å². The van der Waals surface area contributed by atoms with Crippen molar-refractivity contribution in [3.63, 3.8) is 0 Å². The van der Waals surface area contributed by atoms with E-state index in [1.165, 1.54) is 33.1 Å². The Hall–Kier alpha value is -4.03. The van der Waals surface area contributed by atoms with Crippen LogP contribution in [0.3, 0.4) is 0 Å². The van der Waals surface area contributed by atoms with Gasteiger partial charge in [-0.25, -0.2) is 14.3 Å². The molecule has 1 fully saturated rings. The lowest BCUT2D eigenvalue weighted by atomic mass is 10.0. The number of alkyl carbamates (subject to hydrolysis) is 1. The van der Waals surface area contributed by atoms with Crippen LogP contribution in [-0.2, 0) is 25.7 Å². The number of amides is 3. The fraction of sp³-hybridized carbons (Fsp3) is 0.400. The summed E-state index contributed by atoms with van der Waals surface area (Å²) in [5.74, 6) is 0.533. The highest BCUT2D eigenvalue weighted by Crippen LogP contribution is 2.41. The van der Waals surface area contributed by atoms with Gasteiger partial charge in [-0.05, 0) is 42.3 Å². The average molecular weight is 586 g/mol. The lowest BCUT2D eigenvalue weighted by Crippen LogP contribution is -2.71. The minimum Gasteiger partial charge on any atom is -0.477 e. The van der Waals surface area contributed by atoms with Crippen LogP contribution in [0.15, 0.2) is 46.8 Å². The molecule has 1 saturated heterocycles. The summed E-state index contributed by atoms with van der Waals surface area (Å²) in [6, 6.07) is 6.42. The summed E-state index contributed by atoms with van der Waals surface area (Å²) in [5.41, 5.74) is 0.0899. The SMILES string of the molecule is C#CCn1nnnc1SCC1=C(C(=O)O)N2C(=O)C(NC(=O)[C@H](NC(=O)OC(C)(C)C)c3ccccc3)[C@H]2SC1. The van der Waals surface area contributed by atoms with Crippen molar-refractivity contribution in [3.05, 3.63) is 47.2 Å². The van der Waals surface area contributed by atoms with Crippen LogP contribution < -0.4 is 10.6 Å². The zero-order valence-corrected chi connectivity index (χ0v) is 23.5. The number of hydrogen-bond donors (Lipinski definition) is 3. The van der Waals surface area contributed by atoms with Gasteiger partial charge in [0.25, 0.3) is 5.91 Å². The van der Waals surface area contributed by atoms with E-state index >= 15 is 0 Å². The highest BCUT2D eigenvalue weighted by molar-refractivity contribution is 8.01. The van der Waals surface area contributed by atoms with E-state index in [0.29, 0.717) is 22.0 Å². The first-order valence-electron chi connectivity index (χ1n) is 12.1. The van der Waals surface area contributed by atoms with Gasteiger partial charge in [-0.3, -0.25) is 14.5 Å². The number of nitrogens with one attached hydrogen (secondary N) is 2. The number of β-lactam (4-membered cyclic amide) rings is 1. The number of ether oxygens (including phenoxy) is 1. The number of carboxylic acid groups (broad SMARTS) is 1. The predicted molar refractivity (Wildman–Crippen MR) is 146 cm³/mol. The summed E-state index contributed by atoms with van der Waals surface area (Å²) in [6.07, 6.45) is 4.53. The van der Waals surface area contributed by atoms with E-state index in [1.54, 1.807) is 51.1 Å². The largest absolute Gasteiger partial charge is 0.477 e. The molecule has 1 aromatic heterocycles. The van der Waals surface area contributed by atoms with Crippen LogP contribution in [0.4, 0.5) is 4.79 Å². The number of carboxylic acids is 1. The Balaban J connectivity index is 1.48. The van der Waals surface area contributed by atoms with E-state index in [-0.39, 0.29) is 18.0 Å². The molecule has 4 rings (SSSR count). The molecule has 210 valence electrons. The van der Waals surface area contributed by atoms with Crippen molar-refractivity contribution in [1.29, 1.82) is 0 Å². The maximum absolute atomic E-state index is 13.3. The molecule has 2 aliphatic rings. The Morgan fingerprint density at radius 2 is 2.02 bits per heavy atom. The molecule has 13 nitrogen and oxygen atoms in total. The van der Waals surface area contributed by atoms with Gasteiger partial charge < -0.3 is 20.5 Å². The van der Waals surface area contributed by atoms with Gasteiger partial charge in [0.15, 0.2) is 0 Å². The molecule has 40 heavy (non-hydrogen) atoms. The number of carbonyl (C=O) groups is 4. The maximum atomic E-state index is 13.3. The lowest BCUT2D eigenvalue weighted by molar-refractivity contribution is -0.151. The molecule has 1 unspecified atom stereocenters. The summed E-state index contributed by atoms with van der Waals surface area (Å²) in [7, 11) is 0. The van der Waals surface area contributed by atoms with E-state index in [4.69, 9.17) is 11.2 Å². The van der Waals surface area contributed by atoms with E-state index in [1.807, 2.05) is 0 Å². The molecule has 3 N–H and O–H groups in total. The van der Waals surface area contributed by atoms with Crippen molar-refractivity contribution < 1.29 is 29.0 Å². The Kier molecular flexibility index (Phi) is 8.70. The number of benzene rings is 1. The number of aromatic nitrogens is 4. The molecule has 0 radical (unpaired) electrons. The van der Waals surface area contributed by atoms with Crippen LogP contribution in [0.5, 0.6) is 0 Å². The lowest BCUT2D eigenvalue weighted by Gasteiger charge is -2.49. The Bertz CT molecular complexity index is 1380. The molecule has 0 bridgehead atoms. The standard InChI is InChI=1S/C25H27N7O6S2/c1-5-11-31-23(28-29-30-31)40-13-15-12-39-21-17(20(34)32(21)18(15)22(35)36)26-19(33)16(14-9-7-6-8-10-14)27-24(37)38-25(2,3)4/h1,6-10,16-17,21H,11-13H2,2-4H3,(H,26,33)(H,27,37)(H,35,36)/t16-,17?,21-/m1/s1. The van der Waals surface area contributed by atoms with Gasteiger partial charge in [-0.15, -0.1) is 23.3 Å². The normalized spacial score (nSPS) is 19.1. The second-order valence-electron chi connectivity index (χ2n) is 9.76.